The van der Waals surface area contributed by atoms with Crippen molar-refractivity contribution in [1.82, 2.24) is 5.32 Å². The molecule has 0 aromatic carbocycles. The van der Waals surface area contributed by atoms with Crippen molar-refractivity contribution in [3.05, 3.63) is 0 Å². The highest BCUT2D eigenvalue weighted by molar-refractivity contribution is 4.90. The maximum atomic E-state index is 6.08. The van der Waals surface area contributed by atoms with Crippen molar-refractivity contribution in [2.75, 3.05) is 26.3 Å². The van der Waals surface area contributed by atoms with Gasteiger partial charge in [0.05, 0.1) is 12.7 Å². The molecule has 3 heteroatoms. The molecular weight excluding hydrogens is 166 g/mol. The summed E-state index contributed by atoms with van der Waals surface area (Å²) in [6, 6.07) is 0. The van der Waals surface area contributed by atoms with Gasteiger partial charge in [-0.3, -0.25) is 0 Å². The van der Waals surface area contributed by atoms with Gasteiger partial charge in [-0.25, -0.2) is 0 Å². The molecule has 2 saturated heterocycles. The first-order valence-corrected chi connectivity index (χ1v) is 5.31. The van der Waals surface area contributed by atoms with Gasteiger partial charge in [0.25, 0.3) is 0 Å². The maximum Gasteiger partial charge on any atom is 0.104 e. The SMILES string of the molecule is CCC1CNCC2(CCCOC2)O1. The molecule has 2 rings (SSSR count). The summed E-state index contributed by atoms with van der Waals surface area (Å²) in [5.74, 6) is 0. The number of rotatable bonds is 1. The van der Waals surface area contributed by atoms with Gasteiger partial charge in [0, 0.05) is 19.7 Å². The zero-order valence-corrected chi connectivity index (χ0v) is 8.34. The van der Waals surface area contributed by atoms with Gasteiger partial charge >= 0.3 is 0 Å². The highest BCUT2D eigenvalue weighted by Crippen LogP contribution is 2.27. The molecule has 0 aliphatic carbocycles. The Morgan fingerprint density at radius 1 is 1.54 bits per heavy atom. The largest absolute Gasteiger partial charge is 0.378 e. The molecule has 2 aliphatic heterocycles. The van der Waals surface area contributed by atoms with E-state index < -0.39 is 0 Å². The molecule has 1 spiro atoms. The van der Waals surface area contributed by atoms with E-state index in [1.165, 1.54) is 0 Å². The van der Waals surface area contributed by atoms with E-state index in [0.717, 1.165) is 45.6 Å². The van der Waals surface area contributed by atoms with E-state index in [-0.39, 0.29) is 5.60 Å². The number of morpholine rings is 1. The van der Waals surface area contributed by atoms with E-state index in [1.807, 2.05) is 0 Å². The second-order valence-corrected chi connectivity index (χ2v) is 4.12. The summed E-state index contributed by atoms with van der Waals surface area (Å²) in [4.78, 5) is 0. The molecule has 2 atom stereocenters. The monoisotopic (exact) mass is 185 g/mol. The fourth-order valence-corrected chi connectivity index (χ4v) is 2.18. The van der Waals surface area contributed by atoms with Crippen LogP contribution in [-0.4, -0.2) is 38.0 Å². The van der Waals surface area contributed by atoms with Crippen LogP contribution >= 0.6 is 0 Å². The highest BCUT2D eigenvalue weighted by Gasteiger charge is 2.38. The quantitative estimate of drug-likeness (QED) is 0.659. The van der Waals surface area contributed by atoms with Gasteiger partial charge in [-0.05, 0) is 19.3 Å². The van der Waals surface area contributed by atoms with Crippen molar-refractivity contribution < 1.29 is 9.47 Å². The topological polar surface area (TPSA) is 30.5 Å². The lowest BCUT2D eigenvalue weighted by Crippen LogP contribution is -2.57. The lowest BCUT2D eigenvalue weighted by Gasteiger charge is -2.43. The summed E-state index contributed by atoms with van der Waals surface area (Å²) in [5, 5.41) is 3.44. The fourth-order valence-electron chi connectivity index (χ4n) is 2.18. The van der Waals surface area contributed by atoms with E-state index in [1.54, 1.807) is 0 Å². The van der Waals surface area contributed by atoms with Crippen LogP contribution in [0.4, 0.5) is 0 Å². The predicted molar refractivity (Wildman–Crippen MR) is 50.8 cm³/mol. The Hall–Kier alpha value is -0.120. The summed E-state index contributed by atoms with van der Waals surface area (Å²) in [6.07, 6.45) is 3.76. The Balaban J connectivity index is 1.95. The van der Waals surface area contributed by atoms with Gasteiger partial charge in [0.1, 0.15) is 5.60 Å². The Bertz CT molecular complexity index is 161. The minimum Gasteiger partial charge on any atom is -0.378 e. The van der Waals surface area contributed by atoms with Gasteiger partial charge < -0.3 is 14.8 Å². The number of nitrogens with one attached hydrogen (secondary N) is 1. The molecule has 2 heterocycles. The van der Waals surface area contributed by atoms with Gasteiger partial charge in [-0.2, -0.15) is 0 Å². The van der Waals surface area contributed by atoms with Crippen LogP contribution in [0.25, 0.3) is 0 Å². The first-order valence-electron chi connectivity index (χ1n) is 5.31. The van der Waals surface area contributed by atoms with Crippen LogP contribution < -0.4 is 5.32 Å². The molecule has 2 fully saturated rings. The van der Waals surface area contributed by atoms with Crippen LogP contribution in [0.1, 0.15) is 26.2 Å². The molecule has 1 N–H and O–H groups in total. The number of hydrogen-bond donors (Lipinski definition) is 1. The molecule has 0 bridgehead atoms. The molecule has 0 aromatic heterocycles. The standard InChI is InChI=1S/C10H19NO2/c1-2-9-6-11-7-10(13-9)4-3-5-12-8-10/h9,11H,2-8H2,1H3. The molecule has 0 aromatic rings. The molecule has 0 saturated carbocycles. The van der Waals surface area contributed by atoms with E-state index in [0.29, 0.717) is 6.10 Å². The van der Waals surface area contributed by atoms with Crippen LogP contribution in [0, 0.1) is 0 Å². The van der Waals surface area contributed by atoms with Crippen LogP contribution in [-0.2, 0) is 9.47 Å². The molecule has 76 valence electrons. The molecule has 13 heavy (non-hydrogen) atoms. The van der Waals surface area contributed by atoms with Crippen molar-refractivity contribution in [2.24, 2.45) is 0 Å². The number of hydrogen-bond acceptors (Lipinski definition) is 3. The smallest absolute Gasteiger partial charge is 0.104 e. The Kier molecular flexibility index (Phi) is 2.86. The van der Waals surface area contributed by atoms with Crippen LogP contribution in [0.5, 0.6) is 0 Å². The Morgan fingerprint density at radius 3 is 3.15 bits per heavy atom. The first kappa shape index (κ1) is 9.44. The van der Waals surface area contributed by atoms with Crippen LogP contribution in [0.3, 0.4) is 0 Å². The van der Waals surface area contributed by atoms with Gasteiger partial charge in [-0.1, -0.05) is 6.92 Å². The summed E-state index contributed by atoms with van der Waals surface area (Å²) < 4.78 is 11.6. The lowest BCUT2D eigenvalue weighted by atomic mass is 9.94. The highest BCUT2D eigenvalue weighted by atomic mass is 16.6. The molecular formula is C10H19NO2. The van der Waals surface area contributed by atoms with Crippen molar-refractivity contribution in [3.63, 3.8) is 0 Å². The zero-order chi connectivity index (χ0) is 9.15. The molecule has 0 radical (unpaired) electrons. The molecule has 2 aliphatic rings. The second-order valence-electron chi connectivity index (χ2n) is 4.12. The first-order chi connectivity index (χ1) is 6.35. The third-order valence-electron chi connectivity index (χ3n) is 2.98. The van der Waals surface area contributed by atoms with Crippen LogP contribution in [0.2, 0.25) is 0 Å². The summed E-state index contributed by atoms with van der Waals surface area (Å²) in [5.41, 5.74) is -0.00280. The minimum atomic E-state index is -0.00280. The third kappa shape index (κ3) is 2.03. The van der Waals surface area contributed by atoms with Crippen LogP contribution in [0.15, 0.2) is 0 Å². The van der Waals surface area contributed by atoms with Gasteiger partial charge in [0.2, 0.25) is 0 Å². The maximum absolute atomic E-state index is 6.08. The number of ether oxygens (including phenoxy) is 2. The second kappa shape index (κ2) is 3.95. The van der Waals surface area contributed by atoms with E-state index in [4.69, 9.17) is 9.47 Å². The molecule has 3 nitrogen and oxygen atoms in total. The molecule has 2 unspecified atom stereocenters. The predicted octanol–water partition coefficient (Wildman–Crippen LogP) is 0.934. The van der Waals surface area contributed by atoms with Crippen molar-refractivity contribution in [2.45, 2.75) is 37.9 Å². The fraction of sp³-hybridized carbons (Fsp3) is 1.00. The van der Waals surface area contributed by atoms with E-state index >= 15 is 0 Å². The summed E-state index contributed by atoms with van der Waals surface area (Å²) in [6.45, 7) is 5.81. The summed E-state index contributed by atoms with van der Waals surface area (Å²) >= 11 is 0. The van der Waals surface area contributed by atoms with E-state index in [2.05, 4.69) is 12.2 Å². The zero-order valence-electron chi connectivity index (χ0n) is 8.34. The Labute approximate surface area is 79.8 Å². The minimum absolute atomic E-state index is 0.00280. The van der Waals surface area contributed by atoms with Crippen molar-refractivity contribution in [1.29, 1.82) is 0 Å². The van der Waals surface area contributed by atoms with E-state index in [9.17, 15) is 0 Å². The third-order valence-corrected chi connectivity index (χ3v) is 2.98. The molecule has 0 amide bonds. The summed E-state index contributed by atoms with van der Waals surface area (Å²) in [7, 11) is 0. The van der Waals surface area contributed by atoms with Gasteiger partial charge in [0.15, 0.2) is 0 Å². The van der Waals surface area contributed by atoms with Crippen molar-refractivity contribution in [3.8, 4) is 0 Å². The van der Waals surface area contributed by atoms with Gasteiger partial charge in [-0.15, -0.1) is 0 Å². The lowest BCUT2D eigenvalue weighted by molar-refractivity contribution is -0.173. The Morgan fingerprint density at radius 2 is 2.46 bits per heavy atom. The average Bonchev–Trinajstić information content (AvgIpc) is 2.19. The van der Waals surface area contributed by atoms with Crippen molar-refractivity contribution >= 4 is 0 Å². The normalized spacial score (nSPS) is 40.8. The average molecular weight is 185 g/mol.